The fraction of sp³-hybridized carbons (Fsp3) is 0.200. The van der Waals surface area contributed by atoms with Crippen LogP contribution in [-0.4, -0.2) is 38.0 Å². The Morgan fingerprint density at radius 2 is 2.20 bits per heavy atom. The highest BCUT2D eigenvalue weighted by atomic mass is 35.5. The second-order valence-corrected chi connectivity index (χ2v) is 6.02. The minimum atomic E-state index is -4.06. The van der Waals surface area contributed by atoms with E-state index in [-0.39, 0.29) is 22.1 Å². The summed E-state index contributed by atoms with van der Waals surface area (Å²) in [4.78, 5) is 26.4. The van der Waals surface area contributed by atoms with Gasteiger partial charge in [-0.2, -0.15) is 4.72 Å². The van der Waals surface area contributed by atoms with E-state index < -0.39 is 27.9 Å². The SMILES string of the molecule is O=C(O)c1cc(S(=O)(=O)N[C@@H]2CONC2=O)ccc1Cl. The Kier molecular flexibility index (Phi) is 3.95. The van der Waals surface area contributed by atoms with Gasteiger partial charge in [0.05, 0.1) is 15.5 Å². The van der Waals surface area contributed by atoms with Gasteiger partial charge in [0.1, 0.15) is 12.6 Å². The number of amides is 1. The minimum Gasteiger partial charge on any atom is -0.478 e. The molecule has 2 rings (SSSR count). The second-order valence-electron chi connectivity index (χ2n) is 3.90. The van der Waals surface area contributed by atoms with Gasteiger partial charge in [-0.25, -0.2) is 18.7 Å². The molecule has 0 aliphatic carbocycles. The van der Waals surface area contributed by atoms with Crippen LogP contribution in [0.2, 0.25) is 5.02 Å². The summed E-state index contributed by atoms with van der Waals surface area (Å²) in [6, 6.07) is 2.15. The lowest BCUT2D eigenvalue weighted by Crippen LogP contribution is -2.41. The molecule has 108 valence electrons. The molecule has 1 atom stereocenters. The van der Waals surface area contributed by atoms with Crippen molar-refractivity contribution in [3.8, 4) is 0 Å². The number of carboxylic acids is 1. The van der Waals surface area contributed by atoms with Gasteiger partial charge >= 0.3 is 5.97 Å². The number of sulfonamides is 1. The van der Waals surface area contributed by atoms with Gasteiger partial charge in [-0.1, -0.05) is 11.6 Å². The number of carbonyl (C=O) groups is 2. The predicted octanol–water partition coefficient (Wildman–Crippen LogP) is -0.253. The molecule has 1 fully saturated rings. The summed E-state index contributed by atoms with van der Waals surface area (Å²) in [6.45, 7) is -0.155. The summed E-state index contributed by atoms with van der Waals surface area (Å²) < 4.78 is 26.2. The highest BCUT2D eigenvalue weighted by molar-refractivity contribution is 7.89. The fourth-order valence-corrected chi connectivity index (χ4v) is 2.93. The van der Waals surface area contributed by atoms with Crippen LogP contribution in [0.4, 0.5) is 0 Å². The maximum Gasteiger partial charge on any atom is 0.337 e. The number of aromatic carboxylic acids is 1. The van der Waals surface area contributed by atoms with Crippen molar-refractivity contribution in [2.24, 2.45) is 0 Å². The lowest BCUT2D eigenvalue weighted by Gasteiger charge is -2.10. The van der Waals surface area contributed by atoms with E-state index in [1.165, 1.54) is 0 Å². The molecular weight excluding hydrogens is 312 g/mol. The van der Waals surface area contributed by atoms with Crippen LogP contribution < -0.4 is 10.2 Å². The summed E-state index contributed by atoms with van der Waals surface area (Å²) in [5.74, 6) is -1.98. The second kappa shape index (κ2) is 5.37. The van der Waals surface area contributed by atoms with Crippen LogP contribution in [0.25, 0.3) is 0 Å². The molecule has 0 bridgehead atoms. The maximum atomic E-state index is 12.0. The van der Waals surface area contributed by atoms with Crippen LogP contribution in [0.3, 0.4) is 0 Å². The van der Waals surface area contributed by atoms with Gasteiger partial charge in [-0.05, 0) is 18.2 Å². The molecule has 20 heavy (non-hydrogen) atoms. The van der Waals surface area contributed by atoms with Gasteiger partial charge in [-0.3, -0.25) is 9.63 Å². The first-order valence-corrected chi connectivity index (χ1v) is 7.14. The van der Waals surface area contributed by atoms with Gasteiger partial charge in [0.25, 0.3) is 5.91 Å². The Labute approximate surface area is 118 Å². The van der Waals surface area contributed by atoms with Crippen molar-refractivity contribution in [1.29, 1.82) is 0 Å². The van der Waals surface area contributed by atoms with Crippen LogP contribution in [0.15, 0.2) is 23.1 Å². The molecule has 10 heteroatoms. The van der Waals surface area contributed by atoms with E-state index in [1.807, 2.05) is 5.48 Å². The molecule has 3 N–H and O–H groups in total. The number of hydrogen-bond acceptors (Lipinski definition) is 5. The molecule has 0 saturated carbocycles. The lowest BCUT2D eigenvalue weighted by atomic mass is 10.2. The van der Waals surface area contributed by atoms with Crippen LogP contribution in [0.1, 0.15) is 10.4 Å². The fourth-order valence-electron chi connectivity index (χ4n) is 1.52. The normalized spacial score (nSPS) is 18.9. The van der Waals surface area contributed by atoms with Gasteiger partial charge in [0, 0.05) is 0 Å². The van der Waals surface area contributed by atoms with Crippen LogP contribution in [0, 0.1) is 0 Å². The average Bonchev–Trinajstić information content (AvgIpc) is 2.74. The van der Waals surface area contributed by atoms with E-state index in [9.17, 15) is 18.0 Å². The zero-order valence-electron chi connectivity index (χ0n) is 9.79. The predicted molar refractivity (Wildman–Crippen MR) is 66.6 cm³/mol. The first-order valence-electron chi connectivity index (χ1n) is 5.28. The van der Waals surface area contributed by atoms with Crippen LogP contribution in [-0.2, 0) is 19.7 Å². The first-order chi connectivity index (χ1) is 9.31. The lowest BCUT2D eigenvalue weighted by molar-refractivity contribution is -0.124. The summed E-state index contributed by atoms with van der Waals surface area (Å²) in [6.07, 6.45) is 0. The topological polar surface area (TPSA) is 122 Å². The molecule has 0 aromatic heterocycles. The quantitative estimate of drug-likeness (QED) is 0.703. The highest BCUT2D eigenvalue weighted by Crippen LogP contribution is 2.20. The minimum absolute atomic E-state index is 0.0848. The number of carboxylic acid groups (broad SMARTS) is 1. The van der Waals surface area contributed by atoms with Gasteiger partial charge < -0.3 is 5.11 Å². The first kappa shape index (κ1) is 14.7. The molecule has 1 aliphatic rings. The van der Waals surface area contributed by atoms with E-state index >= 15 is 0 Å². The van der Waals surface area contributed by atoms with Crippen molar-refractivity contribution >= 4 is 33.5 Å². The molecule has 0 unspecified atom stereocenters. The van der Waals surface area contributed by atoms with E-state index in [4.69, 9.17) is 16.7 Å². The van der Waals surface area contributed by atoms with Crippen molar-refractivity contribution in [3.05, 3.63) is 28.8 Å². The number of rotatable bonds is 4. The van der Waals surface area contributed by atoms with Crippen molar-refractivity contribution in [2.45, 2.75) is 10.9 Å². The number of hydrogen-bond donors (Lipinski definition) is 3. The zero-order chi connectivity index (χ0) is 14.9. The van der Waals surface area contributed by atoms with Crippen molar-refractivity contribution in [2.75, 3.05) is 6.61 Å². The number of nitrogens with one attached hydrogen (secondary N) is 2. The van der Waals surface area contributed by atoms with Crippen molar-refractivity contribution < 1.29 is 28.0 Å². The smallest absolute Gasteiger partial charge is 0.337 e. The number of benzene rings is 1. The molecule has 0 radical (unpaired) electrons. The summed E-state index contributed by atoms with van der Waals surface area (Å²) in [5, 5.41) is 8.81. The van der Waals surface area contributed by atoms with E-state index in [1.54, 1.807) is 0 Å². The molecule has 0 spiro atoms. The van der Waals surface area contributed by atoms with E-state index in [2.05, 4.69) is 9.56 Å². The Bertz CT molecular complexity index is 674. The highest BCUT2D eigenvalue weighted by Gasteiger charge is 2.31. The zero-order valence-corrected chi connectivity index (χ0v) is 11.4. The van der Waals surface area contributed by atoms with E-state index in [0.29, 0.717) is 0 Å². The average molecular weight is 321 g/mol. The third-order valence-electron chi connectivity index (χ3n) is 2.52. The monoisotopic (exact) mass is 320 g/mol. The molecular formula is C10H9ClN2O6S. The Hall–Kier alpha value is -1.68. The van der Waals surface area contributed by atoms with Gasteiger partial charge in [0.15, 0.2) is 0 Å². The molecule has 8 nitrogen and oxygen atoms in total. The van der Waals surface area contributed by atoms with Gasteiger partial charge in [-0.15, -0.1) is 0 Å². The maximum absolute atomic E-state index is 12.0. The van der Waals surface area contributed by atoms with Crippen LogP contribution >= 0.6 is 11.6 Å². The summed E-state index contributed by atoms with van der Waals surface area (Å²) in [5.41, 5.74) is 1.66. The third-order valence-corrected chi connectivity index (χ3v) is 4.31. The molecule has 1 aromatic carbocycles. The Morgan fingerprint density at radius 3 is 2.75 bits per heavy atom. The molecule has 1 aromatic rings. The Balaban J connectivity index is 2.32. The number of hydroxylamine groups is 1. The standard InChI is InChI=1S/C10H9ClN2O6S/c11-7-2-1-5(3-6(7)10(15)16)20(17,18)13-8-4-19-12-9(8)14/h1-3,8,13H,4H2,(H,12,14)(H,15,16)/t8-/m1/s1. The van der Waals surface area contributed by atoms with Gasteiger partial charge in [0.2, 0.25) is 10.0 Å². The van der Waals surface area contributed by atoms with E-state index in [0.717, 1.165) is 18.2 Å². The summed E-state index contributed by atoms with van der Waals surface area (Å²) in [7, 11) is -4.06. The molecule has 1 saturated heterocycles. The molecule has 1 amide bonds. The number of carbonyl (C=O) groups excluding carboxylic acids is 1. The van der Waals surface area contributed by atoms with Crippen molar-refractivity contribution in [1.82, 2.24) is 10.2 Å². The Morgan fingerprint density at radius 1 is 1.50 bits per heavy atom. The largest absolute Gasteiger partial charge is 0.478 e. The third kappa shape index (κ3) is 2.90. The molecule has 1 heterocycles. The number of halogens is 1. The summed E-state index contributed by atoms with van der Waals surface area (Å²) >= 11 is 5.65. The molecule has 1 aliphatic heterocycles. The van der Waals surface area contributed by atoms with Crippen molar-refractivity contribution in [3.63, 3.8) is 0 Å². The van der Waals surface area contributed by atoms with Crippen LogP contribution in [0.5, 0.6) is 0 Å².